The Morgan fingerprint density at radius 3 is 2.26 bits per heavy atom. The summed E-state index contributed by atoms with van der Waals surface area (Å²) in [5, 5.41) is 2.35. The Hall–Kier alpha value is -1.89. The summed E-state index contributed by atoms with van der Waals surface area (Å²) in [5.41, 5.74) is -0.223. The molecule has 0 spiro atoms. The van der Waals surface area contributed by atoms with E-state index in [1.165, 1.54) is 6.92 Å². The van der Waals surface area contributed by atoms with E-state index >= 15 is 0 Å². The zero-order valence-corrected chi connectivity index (χ0v) is 15.1. The van der Waals surface area contributed by atoms with Crippen LogP contribution in [0.15, 0.2) is 28.7 Å². The van der Waals surface area contributed by atoms with Gasteiger partial charge in [0.1, 0.15) is 11.6 Å². The van der Waals surface area contributed by atoms with Crippen molar-refractivity contribution in [1.82, 2.24) is 5.32 Å². The average Bonchev–Trinajstić information content (AvgIpc) is 2.42. The van der Waals surface area contributed by atoms with E-state index in [0.29, 0.717) is 5.56 Å². The van der Waals surface area contributed by atoms with Gasteiger partial charge in [-0.2, -0.15) is 0 Å². The second-order valence-electron chi connectivity index (χ2n) is 5.91. The standard InChI is InChI=1S/C16H20BrNO5/c1-10(18-15(21)23-16(2,3)4)14(20)22-9-13(19)11-5-7-12(17)8-6-11/h5-8,10H,9H2,1-4H3,(H,18,21)/t10-/m0/s1. The number of ether oxygens (including phenoxy) is 2. The monoisotopic (exact) mass is 385 g/mol. The third-order valence-corrected chi connectivity index (χ3v) is 3.13. The largest absolute Gasteiger partial charge is 0.456 e. The van der Waals surface area contributed by atoms with Crippen LogP contribution >= 0.6 is 15.9 Å². The second kappa shape index (κ2) is 8.10. The first-order valence-corrected chi connectivity index (χ1v) is 7.83. The topological polar surface area (TPSA) is 81.7 Å². The van der Waals surface area contributed by atoms with Gasteiger partial charge in [-0.15, -0.1) is 0 Å². The summed E-state index contributed by atoms with van der Waals surface area (Å²) in [6, 6.07) is 5.79. The van der Waals surface area contributed by atoms with Crippen LogP contribution in [0, 0.1) is 0 Å². The van der Waals surface area contributed by atoms with Gasteiger partial charge in [0.05, 0.1) is 0 Å². The summed E-state index contributed by atoms with van der Waals surface area (Å²) in [5.74, 6) is -1.03. The molecule has 6 nitrogen and oxygen atoms in total. The summed E-state index contributed by atoms with van der Waals surface area (Å²) in [4.78, 5) is 35.2. The van der Waals surface area contributed by atoms with Gasteiger partial charge in [0.15, 0.2) is 12.4 Å². The van der Waals surface area contributed by atoms with Crippen molar-refractivity contribution < 1.29 is 23.9 Å². The van der Waals surface area contributed by atoms with Crippen molar-refractivity contribution in [3.05, 3.63) is 34.3 Å². The van der Waals surface area contributed by atoms with Crippen LogP contribution in [0.25, 0.3) is 0 Å². The lowest BCUT2D eigenvalue weighted by Crippen LogP contribution is -2.42. The molecule has 0 fully saturated rings. The molecule has 0 unspecified atom stereocenters. The maximum atomic E-state index is 11.9. The van der Waals surface area contributed by atoms with Crippen LogP contribution < -0.4 is 5.32 Å². The molecule has 23 heavy (non-hydrogen) atoms. The van der Waals surface area contributed by atoms with Crippen molar-refractivity contribution in [1.29, 1.82) is 0 Å². The van der Waals surface area contributed by atoms with Crippen molar-refractivity contribution in [3.8, 4) is 0 Å². The molecule has 1 N–H and O–H groups in total. The zero-order valence-electron chi connectivity index (χ0n) is 13.5. The minimum absolute atomic E-state index is 0.324. The van der Waals surface area contributed by atoms with E-state index in [1.807, 2.05) is 0 Å². The van der Waals surface area contributed by atoms with Crippen molar-refractivity contribution >= 4 is 33.8 Å². The Labute approximate surface area is 143 Å². The van der Waals surface area contributed by atoms with Gasteiger partial charge in [-0.05, 0) is 39.8 Å². The molecule has 0 radical (unpaired) electrons. The van der Waals surface area contributed by atoms with Gasteiger partial charge in [0, 0.05) is 10.0 Å². The van der Waals surface area contributed by atoms with Gasteiger partial charge in [-0.3, -0.25) is 4.79 Å². The molecule has 0 heterocycles. The number of alkyl carbamates (subject to hydrolysis) is 1. The normalized spacial score (nSPS) is 12.2. The van der Waals surface area contributed by atoms with E-state index in [2.05, 4.69) is 21.2 Å². The number of amides is 1. The van der Waals surface area contributed by atoms with Crippen molar-refractivity contribution in [2.45, 2.75) is 39.3 Å². The number of benzene rings is 1. The Morgan fingerprint density at radius 1 is 1.17 bits per heavy atom. The fraction of sp³-hybridized carbons (Fsp3) is 0.438. The van der Waals surface area contributed by atoms with Gasteiger partial charge in [-0.1, -0.05) is 28.1 Å². The minimum atomic E-state index is -0.914. The van der Waals surface area contributed by atoms with Gasteiger partial charge < -0.3 is 14.8 Å². The summed E-state index contributed by atoms with van der Waals surface area (Å²) in [6.07, 6.45) is -0.721. The van der Waals surface area contributed by atoms with Crippen LogP contribution in [0.2, 0.25) is 0 Å². The van der Waals surface area contributed by atoms with E-state index in [4.69, 9.17) is 9.47 Å². The molecule has 126 valence electrons. The molecule has 0 bridgehead atoms. The zero-order chi connectivity index (χ0) is 17.6. The molecule has 0 aliphatic heterocycles. The number of nitrogens with one attached hydrogen (secondary N) is 1. The molecule has 7 heteroatoms. The first-order chi connectivity index (χ1) is 10.6. The van der Waals surface area contributed by atoms with E-state index < -0.39 is 23.7 Å². The molecular formula is C16H20BrNO5. The van der Waals surface area contributed by atoms with E-state index in [0.717, 1.165) is 4.47 Å². The maximum Gasteiger partial charge on any atom is 0.408 e. The first kappa shape index (κ1) is 19.2. The number of carbonyl (C=O) groups is 3. The van der Waals surface area contributed by atoms with Crippen LogP contribution in [0.4, 0.5) is 4.79 Å². The van der Waals surface area contributed by atoms with Crippen LogP contribution in [0.1, 0.15) is 38.1 Å². The quantitative estimate of drug-likeness (QED) is 0.621. The highest BCUT2D eigenvalue weighted by atomic mass is 79.9. The van der Waals surface area contributed by atoms with Crippen LogP contribution in [-0.4, -0.2) is 36.1 Å². The predicted molar refractivity (Wildman–Crippen MR) is 88.3 cm³/mol. The highest BCUT2D eigenvalue weighted by molar-refractivity contribution is 9.10. The number of halogens is 1. The first-order valence-electron chi connectivity index (χ1n) is 7.03. The SMILES string of the molecule is C[C@H](NC(=O)OC(C)(C)C)C(=O)OCC(=O)c1ccc(Br)cc1. The minimum Gasteiger partial charge on any atom is -0.456 e. The fourth-order valence-electron chi connectivity index (χ4n) is 1.52. The molecule has 1 aromatic carbocycles. The number of carbonyl (C=O) groups excluding carboxylic acids is 3. The van der Waals surface area contributed by atoms with E-state index in [-0.39, 0.29) is 12.4 Å². The molecule has 1 atom stereocenters. The number of ketones is 1. The Balaban J connectivity index is 2.45. The van der Waals surface area contributed by atoms with Crippen LogP contribution in [0.3, 0.4) is 0 Å². The second-order valence-corrected chi connectivity index (χ2v) is 6.82. The highest BCUT2D eigenvalue weighted by Crippen LogP contribution is 2.11. The van der Waals surface area contributed by atoms with Crippen molar-refractivity contribution in [3.63, 3.8) is 0 Å². The Bertz CT molecular complexity index is 577. The fourth-order valence-corrected chi connectivity index (χ4v) is 1.79. The highest BCUT2D eigenvalue weighted by Gasteiger charge is 2.22. The average molecular weight is 386 g/mol. The number of Topliss-reactive ketones (excluding diaryl/α,β-unsaturated/α-hetero) is 1. The molecule has 0 aromatic heterocycles. The van der Waals surface area contributed by atoms with E-state index in [9.17, 15) is 14.4 Å². The van der Waals surface area contributed by atoms with Crippen LogP contribution in [0.5, 0.6) is 0 Å². The summed E-state index contributed by atoms with van der Waals surface area (Å²) in [7, 11) is 0. The third-order valence-electron chi connectivity index (χ3n) is 2.60. The van der Waals surface area contributed by atoms with Gasteiger partial charge >= 0.3 is 12.1 Å². The summed E-state index contributed by atoms with van der Waals surface area (Å²) < 4.78 is 10.8. The molecule has 0 saturated heterocycles. The molecule has 0 aliphatic rings. The molecule has 1 aromatic rings. The number of rotatable bonds is 5. The Morgan fingerprint density at radius 2 is 1.74 bits per heavy atom. The molecule has 1 rings (SSSR count). The van der Waals surface area contributed by atoms with Crippen LogP contribution in [-0.2, 0) is 14.3 Å². The molecule has 0 aliphatic carbocycles. The predicted octanol–water partition coefficient (Wildman–Crippen LogP) is 3.09. The molecule has 0 saturated carbocycles. The maximum absolute atomic E-state index is 11.9. The third kappa shape index (κ3) is 7.27. The molecule has 1 amide bonds. The van der Waals surface area contributed by atoms with Gasteiger partial charge in [0.2, 0.25) is 0 Å². The number of hydrogen-bond donors (Lipinski definition) is 1. The number of esters is 1. The number of hydrogen-bond acceptors (Lipinski definition) is 5. The lowest BCUT2D eigenvalue weighted by atomic mass is 10.1. The lowest BCUT2D eigenvalue weighted by molar-refractivity contribution is -0.144. The smallest absolute Gasteiger partial charge is 0.408 e. The van der Waals surface area contributed by atoms with Gasteiger partial charge in [-0.25, -0.2) is 9.59 Å². The van der Waals surface area contributed by atoms with Crippen molar-refractivity contribution in [2.75, 3.05) is 6.61 Å². The van der Waals surface area contributed by atoms with Crippen molar-refractivity contribution in [2.24, 2.45) is 0 Å². The van der Waals surface area contributed by atoms with E-state index in [1.54, 1.807) is 45.0 Å². The van der Waals surface area contributed by atoms with Gasteiger partial charge in [0.25, 0.3) is 0 Å². The molecular weight excluding hydrogens is 366 g/mol. The summed E-state index contributed by atoms with van der Waals surface area (Å²) >= 11 is 3.27. The lowest BCUT2D eigenvalue weighted by Gasteiger charge is -2.21. The Kier molecular flexibility index (Phi) is 6.75. The summed E-state index contributed by atoms with van der Waals surface area (Å²) in [6.45, 7) is 6.21.